The van der Waals surface area contributed by atoms with Gasteiger partial charge in [0.05, 0.1) is 0 Å². The second kappa shape index (κ2) is 9.45. The van der Waals surface area contributed by atoms with Crippen molar-refractivity contribution >= 4 is 17.3 Å². The van der Waals surface area contributed by atoms with Gasteiger partial charge in [-0.15, -0.1) is 0 Å². The van der Waals surface area contributed by atoms with Gasteiger partial charge in [0.25, 0.3) is 0 Å². The van der Waals surface area contributed by atoms with Gasteiger partial charge in [-0.2, -0.15) is 0 Å². The average molecular weight is 327 g/mol. The molecular formula is C19H22FN3O. The van der Waals surface area contributed by atoms with Crippen LogP contribution >= 0.6 is 0 Å². The predicted molar refractivity (Wildman–Crippen MR) is 95.0 cm³/mol. The highest BCUT2D eigenvalue weighted by atomic mass is 19.1. The number of pyridine rings is 1. The first-order valence-electron chi connectivity index (χ1n) is 8.02. The number of nitrogens with one attached hydrogen (secondary N) is 2. The van der Waals surface area contributed by atoms with Gasteiger partial charge in [-0.25, -0.2) is 9.37 Å². The molecule has 0 aliphatic carbocycles. The molecule has 0 spiro atoms. The molecule has 1 aromatic heterocycles. The summed E-state index contributed by atoms with van der Waals surface area (Å²) in [5, 5.41) is 6.09. The zero-order valence-electron chi connectivity index (χ0n) is 13.8. The molecule has 0 saturated heterocycles. The quantitative estimate of drug-likeness (QED) is 0.575. The number of amides is 1. The number of hydrogen-bond acceptors (Lipinski definition) is 3. The molecule has 24 heavy (non-hydrogen) atoms. The van der Waals surface area contributed by atoms with Crippen LogP contribution in [0.25, 0.3) is 5.57 Å². The van der Waals surface area contributed by atoms with Crippen molar-refractivity contribution in [2.24, 2.45) is 0 Å². The Bertz CT molecular complexity index is 669. The maximum absolute atomic E-state index is 12.9. The standard InChI is InChI=1S/C19H22FN3O/c1-15(16-7-9-17(20)10-8-16)14-19(24)23-13-5-4-12-22-18-6-2-3-11-21-18/h2-3,6-11,14H,4-5,12-13H2,1H3,(H,21,22)(H,23,24)/b15-14-. The summed E-state index contributed by atoms with van der Waals surface area (Å²) in [6, 6.07) is 11.8. The fraction of sp³-hybridized carbons (Fsp3) is 0.263. The lowest BCUT2D eigenvalue weighted by Crippen LogP contribution is -2.23. The number of halogens is 1. The first-order chi connectivity index (χ1) is 11.6. The second-order valence-electron chi connectivity index (χ2n) is 5.47. The fourth-order valence-corrected chi connectivity index (χ4v) is 2.19. The zero-order chi connectivity index (χ0) is 17.2. The Hall–Kier alpha value is -2.69. The highest BCUT2D eigenvalue weighted by molar-refractivity contribution is 5.94. The molecule has 0 bridgehead atoms. The summed E-state index contributed by atoms with van der Waals surface area (Å²) in [6.07, 6.45) is 5.12. The lowest BCUT2D eigenvalue weighted by molar-refractivity contribution is -0.116. The number of hydrogen-bond donors (Lipinski definition) is 2. The molecule has 0 radical (unpaired) electrons. The summed E-state index contributed by atoms with van der Waals surface area (Å²) >= 11 is 0. The number of benzene rings is 1. The van der Waals surface area contributed by atoms with Crippen LogP contribution in [0.15, 0.2) is 54.7 Å². The molecule has 0 unspecified atom stereocenters. The van der Waals surface area contributed by atoms with E-state index < -0.39 is 0 Å². The van der Waals surface area contributed by atoms with Gasteiger partial charge in [0.2, 0.25) is 5.91 Å². The van der Waals surface area contributed by atoms with Crippen LogP contribution in [-0.2, 0) is 4.79 Å². The monoisotopic (exact) mass is 327 g/mol. The van der Waals surface area contributed by atoms with E-state index >= 15 is 0 Å². The molecule has 1 amide bonds. The minimum absolute atomic E-state index is 0.130. The molecule has 2 N–H and O–H groups in total. The maximum atomic E-state index is 12.9. The summed E-state index contributed by atoms with van der Waals surface area (Å²) in [7, 11) is 0. The average Bonchev–Trinajstić information content (AvgIpc) is 2.59. The first-order valence-corrected chi connectivity index (χ1v) is 8.02. The third-order valence-corrected chi connectivity index (χ3v) is 3.52. The van der Waals surface area contributed by atoms with Gasteiger partial charge >= 0.3 is 0 Å². The number of carbonyl (C=O) groups is 1. The highest BCUT2D eigenvalue weighted by Gasteiger charge is 2.01. The summed E-state index contributed by atoms with van der Waals surface area (Å²) in [4.78, 5) is 16.0. The van der Waals surface area contributed by atoms with E-state index in [-0.39, 0.29) is 11.7 Å². The molecule has 4 nitrogen and oxygen atoms in total. The van der Waals surface area contributed by atoms with Crippen molar-refractivity contribution in [3.63, 3.8) is 0 Å². The summed E-state index contributed by atoms with van der Waals surface area (Å²) in [5.41, 5.74) is 1.65. The smallest absolute Gasteiger partial charge is 0.244 e. The maximum Gasteiger partial charge on any atom is 0.244 e. The Morgan fingerprint density at radius 1 is 1.12 bits per heavy atom. The van der Waals surface area contributed by atoms with Gasteiger partial charge in [0, 0.05) is 25.4 Å². The number of carbonyl (C=O) groups excluding carboxylic acids is 1. The van der Waals surface area contributed by atoms with Crippen LogP contribution in [-0.4, -0.2) is 24.0 Å². The molecule has 126 valence electrons. The van der Waals surface area contributed by atoms with E-state index in [0.717, 1.165) is 36.3 Å². The largest absolute Gasteiger partial charge is 0.370 e. The third-order valence-electron chi connectivity index (χ3n) is 3.52. The molecule has 0 saturated carbocycles. The number of anilines is 1. The molecule has 1 heterocycles. The van der Waals surface area contributed by atoms with Gasteiger partial charge in [-0.05, 0) is 55.2 Å². The zero-order valence-corrected chi connectivity index (χ0v) is 13.8. The lowest BCUT2D eigenvalue weighted by Gasteiger charge is -2.06. The molecule has 1 aromatic carbocycles. The van der Waals surface area contributed by atoms with Crippen molar-refractivity contribution in [3.8, 4) is 0 Å². The summed E-state index contributed by atoms with van der Waals surface area (Å²) < 4.78 is 12.9. The van der Waals surface area contributed by atoms with Crippen LogP contribution in [0.2, 0.25) is 0 Å². The van der Waals surface area contributed by atoms with Crippen LogP contribution in [0.1, 0.15) is 25.3 Å². The fourth-order valence-electron chi connectivity index (χ4n) is 2.19. The van der Waals surface area contributed by atoms with Gasteiger partial charge in [-0.1, -0.05) is 18.2 Å². The Morgan fingerprint density at radius 3 is 2.58 bits per heavy atom. The molecule has 2 rings (SSSR count). The van der Waals surface area contributed by atoms with Crippen LogP contribution in [0.4, 0.5) is 10.2 Å². The van der Waals surface area contributed by atoms with Crippen LogP contribution in [0.3, 0.4) is 0 Å². The highest BCUT2D eigenvalue weighted by Crippen LogP contribution is 2.13. The number of unbranched alkanes of at least 4 members (excludes halogenated alkanes) is 1. The minimum Gasteiger partial charge on any atom is -0.370 e. The molecule has 0 fully saturated rings. The summed E-state index contributed by atoms with van der Waals surface area (Å²) in [6.45, 7) is 3.27. The van der Waals surface area contributed by atoms with Crippen molar-refractivity contribution in [2.45, 2.75) is 19.8 Å². The SMILES string of the molecule is C/C(=C/C(=O)NCCCCNc1ccccn1)c1ccc(F)cc1. The van der Waals surface area contributed by atoms with Crippen molar-refractivity contribution in [1.82, 2.24) is 10.3 Å². The van der Waals surface area contributed by atoms with E-state index in [4.69, 9.17) is 0 Å². The van der Waals surface area contributed by atoms with Crippen LogP contribution < -0.4 is 10.6 Å². The Kier molecular flexibility index (Phi) is 6.95. The molecule has 0 aliphatic heterocycles. The van der Waals surface area contributed by atoms with Crippen LogP contribution in [0.5, 0.6) is 0 Å². The molecule has 0 atom stereocenters. The molecular weight excluding hydrogens is 305 g/mol. The van der Waals surface area contributed by atoms with Crippen molar-refractivity contribution in [1.29, 1.82) is 0 Å². The number of nitrogens with zero attached hydrogens (tertiary/aromatic N) is 1. The van der Waals surface area contributed by atoms with Crippen LogP contribution in [0, 0.1) is 5.82 Å². The molecule has 5 heteroatoms. The molecule has 0 aliphatic rings. The summed E-state index contributed by atoms with van der Waals surface area (Å²) in [5.74, 6) is 0.448. The predicted octanol–water partition coefficient (Wildman–Crippen LogP) is 3.63. The van der Waals surface area contributed by atoms with Gasteiger partial charge in [0.15, 0.2) is 0 Å². The number of rotatable bonds is 8. The first kappa shape index (κ1) is 17.7. The Balaban J connectivity index is 1.64. The van der Waals surface area contributed by atoms with E-state index in [9.17, 15) is 9.18 Å². The van der Waals surface area contributed by atoms with Crippen molar-refractivity contribution in [2.75, 3.05) is 18.4 Å². The normalized spacial score (nSPS) is 11.2. The third kappa shape index (κ3) is 6.20. The van der Waals surface area contributed by atoms with Crippen molar-refractivity contribution < 1.29 is 9.18 Å². The lowest BCUT2D eigenvalue weighted by atomic mass is 10.1. The van der Waals surface area contributed by atoms with E-state index in [1.807, 2.05) is 25.1 Å². The van der Waals surface area contributed by atoms with Gasteiger partial charge < -0.3 is 10.6 Å². The van der Waals surface area contributed by atoms with Crippen molar-refractivity contribution in [3.05, 3.63) is 66.1 Å². The molecule has 2 aromatic rings. The van der Waals surface area contributed by atoms with E-state index in [2.05, 4.69) is 15.6 Å². The number of allylic oxidation sites excluding steroid dienone is 1. The number of aromatic nitrogens is 1. The van der Waals surface area contributed by atoms with E-state index in [0.29, 0.717) is 6.54 Å². The van der Waals surface area contributed by atoms with Gasteiger partial charge in [0.1, 0.15) is 11.6 Å². The minimum atomic E-state index is -0.282. The second-order valence-corrected chi connectivity index (χ2v) is 5.47. The van der Waals surface area contributed by atoms with E-state index in [1.54, 1.807) is 24.4 Å². The van der Waals surface area contributed by atoms with E-state index in [1.165, 1.54) is 12.1 Å². The van der Waals surface area contributed by atoms with Gasteiger partial charge in [-0.3, -0.25) is 4.79 Å². The Morgan fingerprint density at radius 2 is 1.88 bits per heavy atom. The Labute approximate surface area is 141 Å². The topological polar surface area (TPSA) is 54.0 Å².